The number of aromatic hydroxyl groups is 1. The highest BCUT2D eigenvalue weighted by Gasteiger charge is 2.30. The molecule has 28 heavy (non-hydrogen) atoms. The molecule has 2 rings (SSSR count). The van der Waals surface area contributed by atoms with Crippen LogP contribution in [0.2, 0.25) is 0 Å². The Bertz CT molecular complexity index is 577. The standard InChI is InChI=1S/C23H40N2O.2ClH/c1-16(2)13-20(25-11-9-24-10-12-25)17-14-18(22(3,4)5)21(26)19(15-17)23(6,7)8;;/h14-16,20,24,26H,9-13H2,1-8H3;2*1H/t20-;;/m0../s1. The minimum Gasteiger partial charge on any atom is -0.507 e. The van der Waals surface area contributed by atoms with Gasteiger partial charge in [0.15, 0.2) is 0 Å². The predicted molar refractivity (Wildman–Crippen MR) is 127 cm³/mol. The van der Waals surface area contributed by atoms with Gasteiger partial charge in [-0.3, -0.25) is 4.90 Å². The lowest BCUT2D eigenvalue weighted by atomic mass is 9.77. The fourth-order valence-corrected chi connectivity index (χ4v) is 3.93. The van der Waals surface area contributed by atoms with Crippen molar-refractivity contribution in [1.29, 1.82) is 0 Å². The fourth-order valence-electron chi connectivity index (χ4n) is 3.93. The molecule has 1 heterocycles. The molecule has 1 aromatic carbocycles. The van der Waals surface area contributed by atoms with E-state index in [1.54, 1.807) is 0 Å². The zero-order valence-corrected chi connectivity index (χ0v) is 20.7. The molecule has 1 aliphatic heterocycles. The quantitative estimate of drug-likeness (QED) is 0.628. The molecule has 0 bridgehead atoms. The van der Waals surface area contributed by atoms with Crippen molar-refractivity contribution in [1.82, 2.24) is 10.2 Å². The summed E-state index contributed by atoms with van der Waals surface area (Å²) < 4.78 is 0. The molecule has 164 valence electrons. The summed E-state index contributed by atoms with van der Waals surface area (Å²) in [5.41, 5.74) is 3.36. The van der Waals surface area contributed by atoms with E-state index >= 15 is 0 Å². The molecule has 1 aliphatic rings. The van der Waals surface area contributed by atoms with Gasteiger partial charge in [0, 0.05) is 32.2 Å². The van der Waals surface area contributed by atoms with Crippen LogP contribution in [0.25, 0.3) is 0 Å². The largest absolute Gasteiger partial charge is 0.507 e. The van der Waals surface area contributed by atoms with Gasteiger partial charge in [-0.15, -0.1) is 24.8 Å². The number of rotatable bonds is 4. The third kappa shape index (κ3) is 6.79. The molecular formula is C23H42Cl2N2O. The molecule has 1 fully saturated rings. The highest BCUT2D eigenvalue weighted by molar-refractivity contribution is 5.85. The molecule has 0 spiro atoms. The Morgan fingerprint density at radius 3 is 1.71 bits per heavy atom. The minimum atomic E-state index is -0.0775. The third-order valence-corrected chi connectivity index (χ3v) is 5.42. The van der Waals surface area contributed by atoms with Gasteiger partial charge in [0.25, 0.3) is 0 Å². The molecule has 1 atom stereocenters. The van der Waals surface area contributed by atoms with Crippen LogP contribution in [0, 0.1) is 5.92 Å². The van der Waals surface area contributed by atoms with Crippen LogP contribution in [0.1, 0.15) is 84.5 Å². The minimum absolute atomic E-state index is 0. The smallest absolute Gasteiger partial charge is 0.123 e. The van der Waals surface area contributed by atoms with Crippen LogP contribution in [0.4, 0.5) is 0 Å². The fraction of sp³-hybridized carbons (Fsp3) is 0.739. The zero-order chi connectivity index (χ0) is 19.7. The van der Waals surface area contributed by atoms with E-state index < -0.39 is 0 Å². The summed E-state index contributed by atoms with van der Waals surface area (Å²) in [4.78, 5) is 2.63. The van der Waals surface area contributed by atoms with Crippen molar-refractivity contribution in [2.24, 2.45) is 5.92 Å². The number of hydrogen-bond acceptors (Lipinski definition) is 3. The summed E-state index contributed by atoms with van der Waals surface area (Å²) in [6.07, 6.45) is 1.15. The van der Waals surface area contributed by atoms with Crippen LogP contribution in [0.3, 0.4) is 0 Å². The van der Waals surface area contributed by atoms with E-state index in [2.05, 4.69) is 77.7 Å². The van der Waals surface area contributed by atoms with Crippen molar-refractivity contribution in [2.75, 3.05) is 26.2 Å². The topological polar surface area (TPSA) is 35.5 Å². The summed E-state index contributed by atoms with van der Waals surface area (Å²) in [6, 6.07) is 4.97. The van der Waals surface area contributed by atoms with Crippen molar-refractivity contribution in [2.45, 2.75) is 78.7 Å². The van der Waals surface area contributed by atoms with E-state index in [1.807, 2.05) is 0 Å². The first-order chi connectivity index (χ1) is 11.9. The molecular weight excluding hydrogens is 391 g/mol. The van der Waals surface area contributed by atoms with E-state index in [0.717, 1.165) is 43.7 Å². The summed E-state index contributed by atoms with van der Waals surface area (Å²) in [7, 11) is 0. The number of phenols is 1. The monoisotopic (exact) mass is 432 g/mol. The summed E-state index contributed by atoms with van der Waals surface area (Å²) >= 11 is 0. The maximum absolute atomic E-state index is 11.0. The molecule has 0 amide bonds. The number of phenolic OH excluding ortho intramolecular Hbond substituents is 1. The van der Waals surface area contributed by atoms with Crippen LogP contribution in [0.5, 0.6) is 5.75 Å². The van der Waals surface area contributed by atoms with Gasteiger partial charge in [0.05, 0.1) is 0 Å². The lowest BCUT2D eigenvalue weighted by Gasteiger charge is -2.38. The SMILES string of the molecule is CC(C)C[C@@H](c1cc(C(C)(C)C)c(O)c(C(C)(C)C)c1)N1CCNCC1.Cl.Cl. The number of hydrogen-bond donors (Lipinski definition) is 2. The number of nitrogens with one attached hydrogen (secondary N) is 1. The van der Waals surface area contributed by atoms with Gasteiger partial charge < -0.3 is 10.4 Å². The first-order valence-corrected chi connectivity index (χ1v) is 10.2. The van der Waals surface area contributed by atoms with Gasteiger partial charge in [0.2, 0.25) is 0 Å². The van der Waals surface area contributed by atoms with Crippen molar-refractivity contribution in [3.8, 4) is 5.75 Å². The second-order valence-corrected chi connectivity index (χ2v) is 10.4. The number of nitrogens with zero attached hydrogens (tertiary/aromatic N) is 1. The average Bonchev–Trinajstić information content (AvgIpc) is 2.51. The predicted octanol–water partition coefficient (Wildman–Crippen LogP) is 5.82. The molecule has 3 nitrogen and oxygen atoms in total. The van der Waals surface area contributed by atoms with Crippen molar-refractivity contribution in [3.63, 3.8) is 0 Å². The highest BCUT2D eigenvalue weighted by atomic mass is 35.5. The highest BCUT2D eigenvalue weighted by Crippen LogP contribution is 2.42. The third-order valence-electron chi connectivity index (χ3n) is 5.42. The lowest BCUT2D eigenvalue weighted by Crippen LogP contribution is -2.45. The summed E-state index contributed by atoms with van der Waals surface area (Å²) in [5.74, 6) is 1.12. The Kier molecular flexibility index (Phi) is 10.3. The zero-order valence-electron chi connectivity index (χ0n) is 19.1. The van der Waals surface area contributed by atoms with E-state index in [9.17, 15) is 5.11 Å². The van der Waals surface area contributed by atoms with Gasteiger partial charge in [-0.25, -0.2) is 0 Å². The van der Waals surface area contributed by atoms with Crippen LogP contribution in [-0.4, -0.2) is 36.2 Å². The van der Waals surface area contributed by atoms with Crippen molar-refractivity contribution < 1.29 is 5.11 Å². The first-order valence-electron chi connectivity index (χ1n) is 10.2. The average molecular weight is 434 g/mol. The van der Waals surface area contributed by atoms with Crippen LogP contribution >= 0.6 is 24.8 Å². The maximum atomic E-state index is 11.0. The second kappa shape index (κ2) is 10.5. The van der Waals surface area contributed by atoms with Gasteiger partial charge in [-0.2, -0.15) is 0 Å². The van der Waals surface area contributed by atoms with E-state index in [0.29, 0.717) is 17.7 Å². The van der Waals surface area contributed by atoms with Gasteiger partial charge in [-0.1, -0.05) is 55.4 Å². The molecule has 0 saturated carbocycles. The molecule has 0 radical (unpaired) electrons. The molecule has 1 aromatic rings. The molecule has 1 saturated heterocycles. The maximum Gasteiger partial charge on any atom is 0.123 e. The van der Waals surface area contributed by atoms with Crippen LogP contribution in [0.15, 0.2) is 12.1 Å². The number of halogens is 2. The van der Waals surface area contributed by atoms with Gasteiger partial charge >= 0.3 is 0 Å². The Hall–Kier alpha value is -0.480. The Morgan fingerprint density at radius 1 is 0.929 bits per heavy atom. The Balaban J connectivity index is 0.00000364. The van der Waals surface area contributed by atoms with E-state index in [-0.39, 0.29) is 35.6 Å². The Morgan fingerprint density at radius 2 is 1.36 bits per heavy atom. The van der Waals surface area contributed by atoms with Crippen LogP contribution in [-0.2, 0) is 10.8 Å². The molecule has 0 unspecified atom stereocenters. The molecule has 0 aliphatic carbocycles. The molecule has 5 heteroatoms. The normalized spacial score (nSPS) is 17.0. The van der Waals surface area contributed by atoms with Crippen molar-refractivity contribution >= 4 is 24.8 Å². The summed E-state index contributed by atoms with van der Waals surface area (Å²) in [6.45, 7) is 22.1. The lowest BCUT2D eigenvalue weighted by molar-refractivity contribution is 0.153. The number of benzene rings is 1. The molecule has 2 N–H and O–H groups in total. The Labute approximate surface area is 185 Å². The van der Waals surface area contributed by atoms with E-state index in [4.69, 9.17) is 0 Å². The summed E-state index contributed by atoms with van der Waals surface area (Å²) in [5, 5.41) is 14.5. The van der Waals surface area contributed by atoms with Crippen molar-refractivity contribution in [3.05, 3.63) is 28.8 Å². The number of piperazine rings is 1. The molecule has 0 aromatic heterocycles. The van der Waals surface area contributed by atoms with E-state index in [1.165, 1.54) is 5.56 Å². The van der Waals surface area contributed by atoms with Gasteiger partial charge in [0.1, 0.15) is 5.75 Å². The van der Waals surface area contributed by atoms with Crippen LogP contribution < -0.4 is 5.32 Å². The first kappa shape index (κ1) is 27.5. The second-order valence-electron chi connectivity index (χ2n) is 10.4. The van der Waals surface area contributed by atoms with Gasteiger partial charge in [-0.05, 0) is 52.0 Å².